The third-order valence-electron chi connectivity index (χ3n) is 3.13. The maximum atomic E-state index is 11.9. The SMILES string of the molecule is CC(Oc1ccc(C#N)cc1)C(=O)NCC(=O)NCc1ccco1. The molecule has 2 rings (SSSR count). The molecule has 2 aromatic rings. The molecule has 0 fully saturated rings. The monoisotopic (exact) mass is 327 g/mol. The van der Waals surface area contributed by atoms with Crippen LogP contribution in [0.3, 0.4) is 0 Å². The van der Waals surface area contributed by atoms with E-state index in [0.717, 1.165) is 0 Å². The summed E-state index contributed by atoms with van der Waals surface area (Å²) in [5.74, 6) is 0.365. The molecular weight excluding hydrogens is 310 g/mol. The molecule has 0 saturated heterocycles. The van der Waals surface area contributed by atoms with E-state index in [9.17, 15) is 9.59 Å². The van der Waals surface area contributed by atoms with Gasteiger partial charge in [-0.3, -0.25) is 9.59 Å². The average molecular weight is 327 g/mol. The molecule has 0 saturated carbocycles. The van der Waals surface area contributed by atoms with E-state index >= 15 is 0 Å². The van der Waals surface area contributed by atoms with Crippen molar-refractivity contribution in [1.82, 2.24) is 10.6 Å². The van der Waals surface area contributed by atoms with Crippen LogP contribution < -0.4 is 15.4 Å². The first-order valence-corrected chi connectivity index (χ1v) is 7.32. The lowest BCUT2D eigenvalue weighted by Gasteiger charge is -2.14. The predicted molar refractivity (Wildman–Crippen MR) is 84.8 cm³/mol. The van der Waals surface area contributed by atoms with Crippen LogP contribution in [0.2, 0.25) is 0 Å². The summed E-state index contributed by atoms with van der Waals surface area (Å²) in [6.07, 6.45) is 0.752. The summed E-state index contributed by atoms with van der Waals surface area (Å²) in [5, 5.41) is 13.8. The number of nitrogens with one attached hydrogen (secondary N) is 2. The van der Waals surface area contributed by atoms with Gasteiger partial charge >= 0.3 is 0 Å². The van der Waals surface area contributed by atoms with Gasteiger partial charge in [0.15, 0.2) is 6.10 Å². The Bertz CT molecular complexity index is 717. The first kappa shape index (κ1) is 17.1. The van der Waals surface area contributed by atoms with Gasteiger partial charge in [-0.05, 0) is 43.3 Å². The van der Waals surface area contributed by atoms with Crippen LogP contribution in [0, 0.1) is 11.3 Å². The Morgan fingerprint density at radius 1 is 1.25 bits per heavy atom. The summed E-state index contributed by atoms with van der Waals surface area (Å²) in [4.78, 5) is 23.6. The Hall–Kier alpha value is -3.27. The number of nitrogens with zero attached hydrogens (tertiary/aromatic N) is 1. The fourth-order valence-corrected chi connectivity index (χ4v) is 1.84. The average Bonchev–Trinajstić information content (AvgIpc) is 3.12. The second-order valence-corrected chi connectivity index (χ2v) is 4.97. The third kappa shape index (κ3) is 5.18. The van der Waals surface area contributed by atoms with Crippen molar-refractivity contribution in [3.05, 3.63) is 54.0 Å². The van der Waals surface area contributed by atoms with Gasteiger partial charge < -0.3 is 19.8 Å². The van der Waals surface area contributed by atoms with Crippen LogP contribution >= 0.6 is 0 Å². The van der Waals surface area contributed by atoms with Gasteiger partial charge in [0.05, 0.1) is 31.0 Å². The first-order chi connectivity index (χ1) is 11.6. The van der Waals surface area contributed by atoms with Gasteiger partial charge in [0, 0.05) is 0 Å². The number of rotatable bonds is 7. The largest absolute Gasteiger partial charge is 0.481 e. The molecule has 2 amide bonds. The number of carbonyl (C=O) groups excluding carboxylic acids is 2. The maximum absolute atomic E-state index is 11.9. The van der Waals surface area contributed by atoms with Crippen molar-refractivity contribution in [2.24, 2.45) is 0 Å². The minimum atomic E-state index is -0.768. The fourth-order valence-electron chi connectivity index (χ4n) is 1.84. The van der Waals surface area contributed by atoms with Crippen LogP contribution in [-0.4, -0.2) is 24.5 Å². The molecule has 0 aliphatic heterocycles. The topological polar surface area (TPSA) is 104 Å². The molecular formula is C17H17N3O4. The highest BCUT2D eigenvalue weighted by Gasteiger charge is 2.15. The van der Waals surface area contributed by atoms with Gasteiger partial charge in [0.2, 0.25) is 5.91 Å². The van der Waals surface area contributed by atoms with Crippen LogP contribution in [0.1, 0.15) is 18.2 Å². The normalized spacial score (nSPS) is 11.2. The summed E-state index contributed by atoms with van der Waals surface area (Å²) >= 11 is 0. The lowest BCUT2D eigenvalue weighted by Crippen LogP contribution is -2.42. The van der Waals surface area contributed by atoms with Crippen molar-refractivity contribution in [3.8, 4) is 11.8 Å². The van der Waals surface area contributed by atoms with Crippen molar-refractivity contribution in [1.29, 1.82) is 5.26 Å². The summed E-state index contributed by atoms with van der Waals surface area (Å²) in [7, 11) is 0. The van der Waals surface area contributed by atoms with Crippen molar-refractivity contribution >= 4 is 11.8 Å². The molecule has 0 aliphatic carbocycles. The summed E-state index contributed by atoms with van der Waals surface area (Å²) in [6.45, 7) is 1.69. The molecule has 0 radical (unpaired) electrons. The smallest absolute Gasteiger partial charge is 0.261 e. The highest BCUT2D eigenvalue weighted by molar-refractivity contribution is 5.86. The number of ether oxygens (including phenoxy) is 1. The summed E-state index contributed by atoms with van der Waals surface area (Å²) < 4.78 is 10.5. The minimum Gasteiger partial charge on any atom is -0.481 e. The summed E-state index contributed by atoms with van der Waals surface area (Å²) in [5.41, 5.74) is 0.507. The molecule has 1 atom stereocenters. The Kier molecular flexibility index (Phi) is 5.97. The Labute approximate surface area is 139 Å². The standard InChI is InChI=1S/C17H17N3O4/c1-12(24-14-6-4-13(9-18)5-7-14)17(22)20-11-16(21)19-10-15-3-2-8-23-15/h2-8,12H,10-11H2,1H3,(H,19,21)(H,20,22). The molecule has 0 bridgehead atoms. The van der Waals surface area contributed by atoms with Crippen molar-refractivity contribution in [2.75, 3.05) is 6.54 Å². The molecule has 1 heterocycles. The Morgan fingerprint density at radius 2 is 2.00 bits per heavy atom. The maximum Gasteiger partial charge on any atom is 0.261 e. The van der Waals surface area contributed by atoms with Crippen LogP contribution in [0.5, 0.6) is 5.75 Å². The van der Waals surface area contributed by atoms with E-state index in [4.69, 9.17) is 14.4 Å². The second kappa shape index (κ2) is 8.39. The van der Waals surface area contributed by atoms with Crippen LogP contribution in [0.15, 0.2) is 47.1 Å². The fraction of sp³-hybridized carbons (Fsp3) is 0.235. The second-order valence-electron chi connectivity index (χ2n) is 4.97. The van der Waals surface area contributed by atoms with Gasteiger partial charge in [-0.25, -0.2) is 0 Å². The Morgan fingerprint density at radius 3 is 2.62 bits per heavy atom. The van der Waals surface area contributed by atoms with E-state index in [1.54, 1.807) is 43.3 Å². The number of carbonyl (C=O) groups is 2. The number of furan rings is 1. The van der Waals surface area contributed by atoms with Crippen LogP contribution in [0.25, 0.3) is 0 Å². The van der Waals surface area contributed by atoms with E-state index in [0.29, 0.717) is 17.1 Å². The number of nitriles is 1. The zero-order valence-corrected chi connectivity index (χ0v) is 13.1. The molecule has 0 spiro atoms. The molecule has 1 aromatic carbocycles. The lowest BCUT2D eigenvalue weighted by atomic mass is 10.2. The highest BCUT2D eigenvalue weighted by Crippen LogP contribution is 2.13. The van der Waals surface area contributed by atoms with E-state index < -0.39 is 12.0 Å². The van der Waals surface area contributed by atoms with Crippen LogP contribution in [0.4, 0.5) is 0 Å². The molecule has 0 aliphatic rings. The predicted octanol–water partition coefficient (Wildman–Crippen LogP) is 1.35. The van der Waals surface area contributed by atoms with E-state index in [1.807, 2.05) is 6.07 Å². The number of hydrogen-bond donors (Lipinski definition) is 2. The van der Waals surface area contributed by atoms with Crippen molar-refractivity contribution < 1.29 is 18.7 Å². The molecule has 24 heavy (non-hydrogen) atoms. The lowest BCUT2D eigenvalue weighted by molar-refractivity contribution is -0.130. The van der Waals surface area contributed by atoms with Gasteiger partial charge in [-0.2, -0.15) is 5.26 Å². The zero-order chi connectivity index (χ0) is 17.4. The molecule has 2 N–H and O–H groups in total. The van der Waals surface area contributed by atoms with E-state index in [1.165, 1.54) is 6.26 Å². The molecule has 7 heteroatoms. The van der Waals surface area contributed by atoms with Crippen LogP contribution in [-0.2, 0) is 16.1 Å². The molecule has 7 nitrogen and oxygen atoms in total. The minimum absolute atomic E-state index is 0.152. The van der Waals surface area contributed by atoms with Gasteiger partial charge in [-0.15, -0.1) is 0 Å². The first-order valence-electron chi connectivity index (χ1n) is 7.32. The van der Waals surface area contributed by atoms with Crippen molar-refractivity contribution in [3.63, 3.8) is 0 Å². The highest BCUT2D eigenvalue weighted by atomic mass is 16.5. The molecule has 1 aromatic heterocycles. The quantitative estimate of drug-likeness (QED) is 0.799. The number of amides is 2. The van der Waals surface area contributed by atoms with Gasteiger partial charge in [-0.1, -0.05) is 0 Å². The van der Waals surface area contributed by atoms with Crippen molar-refractivity contribution in [2.45, 2.75) is 19.6 Å². The number of benzene rings is 1. The molecule has 124 valence electrons. The summed E-state index contributed by atoms with van der Waals surface area (Å²) in [6, 6.07) is 11.9. The molecule has 1 unspecified atom stereocenters. The number of hydrogen-bond acceptors (Lipinski definition) is 5. The van der Waals surface area contributed by atoms with Gasteiger partial charge in [0.25, 0.3) is 5.91 Å². The van der Waals surface area contributed by atoms with E-state index in [-0.39, 0.29) is 19.0 Å². The zero-order valence-electron chi connectivity index (χ0n) is 13.1. The van der Waals surface area contributed by atoms with Gasteiger partial charge in [0.1, 0.15) is 11.5 Å². The Balaban J connectivity index is 1.72. The van der Waals surface area contributed by atoms with E-state index in [2.05, 4.69) is 10.6 Å². The third-order valence-corrected chi connectivity index (χ3v) is 3.13.